The van der Waals surface area contributed by atoms with Gasteiger partial charge in [-0.25, -0.2) is 0 Å². The molecule has 8 heavy (non-hydrogen) atoms. The van der Waals surface area contributed by atoms with Gasteiger partial charge in [0.05, 0.1) is 0 Å². The molecule has 0 aliphatic rings. The minimum atomic E-state index is -4.61. The standard InChI is InChI=1S/Fe.Li.Na.H4O4Si.2H/c;;;1-5(2,3)4;;/h;;;1-4H;;/q;2*+1;;2*-1. The summed E-state index contributed by atoms with van der Waals surface area (Å²) in [5.74, 6) is 0. The summed E-state index contributed by atoms with van der Waals surface area (Å²) in [7, 11) is -4.61. The van der Waals surface area contributed by atoms with Gasteiger partial charge in [0.1, 0.15) is 0 Å². The fraction of sp³-hybridized carbons (Fsp3) is 0. The van der Waals surface area contributed by atoms with E-state index in [0.717, 1.165) is 0 Å². The Morgan fingerprint density at radius 1 is 1.00 bits per heavy atom. The molecule has 0 spiro atoms. The molecule has 0 rings (SSSR count). The van der Waals surface area contributed by atoms with Gasteiger partial charge in [0.15, 0.2) is 0 Å². The molecule has 0 bridgehead atoms. The smallest absolute Gasteiger partial charge is 1.00 e. The van der Waals surface area contributed by atoms with Gasteiger partial charge in [0.25, 0.3) is 0 Å². The van der Waals surface area contributed by atoms with Gasteiger partial charge in [-0.2, -0.15) is 0 Å². The van der Waals surface area contributed by atoms with Crippen LogP contribution in [-0.2, 0) is 17.1 Å². The van der Waals surface area contributed by atoms with E-state index in [0.29, 0.717) is 0 Å². The topological polar surface area (TPSA) is 80.9 Å². The van der Waals surface area contributed by atoms with Crippen LogP contribution in [0.5, 0.6) is 0 Å². The van der Waals surface area contributed by atoms with Crippen LogP contribution in [-0.4, -0.2) is 28.2 Å². The fourth-order valence-electron chi connectivity index (χ4n) is 0. The van der Waals surface area contributed by atoms with Gasteiger partial charge in [-0.05, 0) is 0 Å². The molecular weight excluding hydrogens is 178 g/mol. The molecule has 44 valence electrons. The van der Waals surface area contributed by atoms with E-state index in [-0.39, 0.29) is 68.3 Å². The van der Waals surface area contributed by atoms with Crippen LogP contribution in [0.4, 0.5) is 0 Å². The van der Waals surface area contributed by atoms with Crippen molar-refractivity contribution in [3.63, 3.8) is 0 Å². The summed E-state index contributed by atoms with van der Waals surface area (Å²) in [6, 6.07) is 0. The Morgan fingerprint density at radius 3 is 1.00 bits per heavy atom. The van der Waals surface area contributed by atoms with Crippen LogP contribution in [0.3, 0.4) is 0 Å². The molecule has 0 aromatic heterocycles. The molecular formula is H6FeLiNaO4Si. The van der Waals surface area contributed by atoms with E-state index in [4.69, 9.17) is 19.2 Å². The molecule has 4 N–H and O–H groups in total. The van der Waals surface area contributed by atoms with E-state index in [2.05, 4.69) is 0 Å². The molecule has 8 heteroatoms. The third-order valence-electron chi connectivity index (χ3n) is 0. The summed E-state index contributed by atoms with van der Waals surface area (Å²) in [5.41, 5.74) is 0. The third-order valence-corrected chi connectivity index (χ3v) is 0. The SMILES string of the molecule is O[Si](O)(O)O.[Fe].[H-].[H-].[Li+].[Na+]. The van der Waals surface area contributed by atoms with Crippen molar-refractivity contribution in [2.24, 2.45) is 0 Å². The molecule has 0 aliphatic heterocycles. The minimum absolute atomic E-state index is 0. The largest absolute Gasteiger partial charge is 1.00 e. The van der Waals surface area contributed by atoms with Crippen LogP contribution >= 0.6 is 0 Å². The van der Waals surface area contributed by atoms with Crippen LogP contribution in [0.2, 0.25) is 0 Å². The van der Waals surface area contributed by atoms with Gasteiger partial charge >= 0.3 is 57.5 Å². The fourth-order valence-corrected chi connectivity index (χ4v) is 0. The second-order valence-electron chi connectivity index (χ2n) is 0.600. The molecule has 0 aromatic rings. The zero-order chi connectivity index (χ0) is 4.50. The van der Waals surface area contributed by atoms with Crippen LogP contribution < -0.4 is 48.4 Å². The predicted molar refractivity (Wildman–Crippen MR) is 16.9 cm³/mol. The quantitative estimate of drug-likeness (QED) is 0.282. The molecule has 0 heterocycles. The molecule has 0 fully saturated rings. The zero-order valence-electron chi connectivity index (χ0n) is 6.64. The minimum Gasteiger partial charge on any atom is -1.00 e. The van der Waals surface area contributed by atoms with Gasteiger partial charge < -0.3 is 22.0 Å². The van der Waals surface area contributed by atoms with Gasteiger partial charge in [0, 0.05) is 17.1 Å². The van der Waals surface area contributed by atoms with Gasteiger partial charge in [-0.3, -0.25) is 0 Å². The van der Waals surface area contributed by atoms with Crippen molar-refractivity contribution in [1.82, 2.24) is 0 Å². The molecule has 0 atom stereocenters. The van der Waals surface area contributed by atoms with Crippen molar-refractivity contribution in [3.05, 3.63) is 0 Å². The van der Waals surface area contributed by atoms with Crippen molar-refractivity contribution in [3.8, 4) is 0 Å². The van der Waals surface area contributed by atoms with Gasteiger partial charge in [-0.15, -0.1) is 0 Å². The van der Waals surface area contributed by atoms with Crippen molar-refractivity contribution in [2.45, 2.75) is 0 Å². The summed E-state index contributed by atoms with van der Waals surface area (Å²) in [6.07, 6.45) is 0. The Bertz CT molecular complexity index is 38.7. The Hall–Kier alpha value is 2.17. The van der Waals surface area contributed by atoms with Crippen molar-refractivity contribution >= 4 is 9.05 Å². The summed E-state index contributed by atoms with van der Waals surface area (Å²) >= 11 is 0. The molecule has 0 radical (unpaired) electrons. The average Bonchev–Trinajstić information content (AvgIpc) is 0.722. The van der Waals surface area contributed by atoms with E-state index in [1.807, 2.05) is 0 Å². The normalized spacial score (nSPS) is 7.50. The van der Waals surface area contributed by atoms with E-state index >= 15 is 0 Å². The summed E-state index contributed by atoms with van der Waals surface area (Å²) in [4.78, 5) is 29.3. The molecule has 0 unspecified atom stereocenters. The molecule has 4 nitrogen and oxygen atoms in total. The average molecular weight is 184 g/mol. The van der Waals surface area contributed by atoms with E-state index in [1.54, 1.807) is 0 Å². The zero-order valence-corrected chi connectivity index (χ0v) is 8.75. The Balaban J connectivity index is -0.00000000800. The predicted octanol–water partition coefficient (Wildman–Crippen LogP) is -8.38. The van der Waals surface area contributed by atoms with Crippen LogP contribution in [0.1, 0.15) is 2.85 Å². The number of hydrogen-bond acceptors (Lipinski definition) is 4. The maximum absolute atomic E-state index is 7.33. The first-order valence-corrected chi connectivity index (χ1v) is 2.68. The molecule has 0 saturated heterocycles. The van der Waals surface area contributed by atoms with Gasteiger partial charge in [0.2, 0.25) is 0 Å². The summed E-state index contributed by atoms with van der Waals surface area (Å²) in [6.45, 7) is 0. The third kappa shape index (κ3) is 89.0. The van der Waals surface area contributed by atoms with Crippen molar-refractivity contribution in [1.29, 1.82) is 0 Å². The molecule has 0 aromatic carbocycles. The van der Waals surface area contributed by atoms with Crippen molar-refractivity contribution in [2.75, 3.05) is 0 Å². The van der Waals surface area contributed by atoms with E-state index in [9.17, 15) is 0 Å². The van der Waals surface area contributed by atoms with Gasteiger partial charge in [-0.1, -0.05) is 0 Å². The molecule has 0 saturated carbocycles. The number of rotatable bonds is 0. The van der Waals surface area contributed by atoms with Crippen LogP contribution in [0, 0.1) is 0 Å². The summed E-state index contributed by atoms with van der Waals surface area (Å²) in [5, 5.41) is 0. The van der Waals surface area contributed by atoms with E-state index < -0.39 is 9.05 Å². The first kappa shape index (κ1) is 22.5. The maximum Gasteiger partial charge on any atom is 1.00 e. The maximum atomic E-state index is 7.33. The van der Waals surface area contributed by atoms with Crippen LogP contribution in [0.15, 0.2) is 0 Å². The second-order valence-corrected chi connectivity index (χ2v) is 1.80. The van der Waals surface area contributed by atoms with Crippen LogP contribution in [0.25, 0.3) is 0 Å². The summed E-state index contributed by atoms with van der Waals surface area (Å²) < 4.78 is 0. The Kier molecular flexibility index (Phi) is 25.8. The molecule has 0 amide bonds. The first-order chi connectivity index (χ1) is 2.00. The van der Waals surface area contributed by atoms with E-state index in [1.165, 1.54) is 0 Å². The Morgan fingerprint density at radius 2 is 1.00 bits per heavy atom. The number of hydrogen-bond donors (Lipinski definition) is 4. The van der Waals surface area contributed by atoms with Crippen molar-refractivity contribution < 1.29 is 87.5 Å². The Labute approximate surface area is 95.7 Å². The monoisotopic (exact) mass is 184 g/mol. The molecule has 0 aliphatic carbocycles. The first-order valence-electron chi connectivity index (χ1n) is 0.894. The second kappa shape index (κ2) is 9.17.